The van der Waals surface area contributed by atoms with Crippen LogP contribution in [0.4, 0.5) is 0 Å². The second-order valence-corrected chi connectivity index (χ2v) is 6.98. The summed E-state index contributed by atoms with van der Waals surface area (Å²) in [6, 6.07) is 0. The van der Waals surface area contributed by atoms with Crippen LogP contribution >= 0.6 is 0 Å². The van der Waals surface area contributed by atoms with E-state index in [1.807, 2.05) is 0 Å². The van der Waals surface area contributed by atoms with E-state index in [0.717, 1.165) is 10.7 Å². The monoisotopic (exact) mass is 292 g/mol. The maximum absolute atomic E-state index is 12.6. The number of nitrogens with zero attached hydrogens (tertiary/aromatic N) is 2. The van der Waals surface area contributed by atoms with Crippen molar-refractivity contribution in [2.45, 2.75) is 31.7 Å². The van der Waals surface area contributed by atoms with Crippen molar-refractivity contribution in [3.8, 4) is 0 Å². The summed E-state index contributed by atoms with van der Waals surface area (Å²) in [5.41, 5.74) is -1.34. The molecule has 0 radical (unpaired) electrons. The van der Waals surface area contributed by atoms with E-state index in [1.165, 1.54) is 11.2 Å². The molecule has 0 amide bonds. The van der Waals surface area contributed by atoms with Crippen molar-refractivity contribution in [1.82, 2.24) is 8.61 Å². The first kappa shape index (κ1) is 14.7. The zero-order valence-corrected chi connectivity index (χ0v) is 11.9. The molecule has 2 fully saturated rings. The molecule has 7 nitrogen and oxygen atoms in total. The van der Waals surface area contributed by atoms with Gasteiger partial charge in [0.25, 0.3) is 10.2 Å². The molecule has 0 aromatic rings. The summed E-state index contributed by atoms with van der Waals surface area (Å²) >= 11 is 0. The zero-order valence-electron chi connectivity index (χ0n) is 11.0. The molecule has 110 valence electrons. The summed E-state index contributed by atoms with van der Waals surface area (Å²) in [7, 11) is -3.73. The van der Waals surface area contributed by atoms with Crippen LogP contribution in [-0.4, -0.2) is 66.5 Å². The lowest BCUT2D eigenvalue weighted by Crippen LogP contribution is -2.61. The van der Waals surface area contributed by atoms with Crippen molar-refractivity contribution < 1.29 is 23.1 Å². The van der Waals surface area contributed by atoms with Crippen LogP contribution in [-0.2, 0) is 19.7 Å². The Kier molecular flexibility index (Phi) is 4.14. The lowest BCUT2D eigenvalue weighted by atomic mass is 9.91. The molecule has 2 rings (SSSR count). The van der Waals surface area contributed by atoms with E-state index < -0.39 is 21.7 Å². The molecular weight excluding hydrogens is 272 g/mol. The topological polar surface area (TPSA) is 87.2 Å². The molecule has 1 atom stereocenters. The van der Waals surface area contributed by atoms with Gasteiger partial charge in [-0.1, -0.05) is 0 Å². The Hall–Kier alpha value is -0.700. The molecular formula is C11H20N2O5S. The van der Waals surface area contributed by atoms with Crippen LogP contribution in [0.3, 0.4) is 0 Å². The molecule has 1 unspecified atom stereocenters. The minimum atomic E-state index is -3.73. The molecule has 0 bridgehead atoms. The Morgan fingerprint density at radius 2 is 1.84 bits per heavy atom. The second kappa shape index (κ2) is 5.35. The summed E-state index contributed by atoms with van der Waals surface area (Å²) in [4.78, 5) is 11.5. The van der Waals surface area contributed by atoms with Crippen LogP contribution in [0.2, 0.25) is 0 Å². The average molecular weight is 292 g/mol. The van der Waals surface area contributed by atoms with Crippen LogP contribution in [0, 0.1) is 0 Å². The summed E-state index contributed by atoms with van der Waals surface area (Å²) < 4.78 is 32.8. The van der Waals surface area contributed by atoms with Crippen LogP contribution < -0.4 is 0 Å². The van der Waals surface area contributed by atoms with E-state index in [1.54, 1.807) is 0 Å². The number of rotatable bonds is 3. The van der Waals surface area contributed by atoms with Gasteiger partial charge in [0.1, 0.15) is 5.54 Å². The van der Waals surface area contributed by atoms with Gasteiger partial charge in [0.05, 0.1) is 13.2 Å². The fourth-order valence-corrected chi connectivity index (χ4v) is 4.52. The largest absolute Gasteiger partial charge is 0.480 e. The Morgan fingerprint density at radius 1 is 1.21 bits per heavy atom. The van der Waals surface area contributed by atoms with E-state index >= 15 is 0 Å². The molecule has 2 heterocycles. The Morgan fingerprint density at radius 3 is 2.42 bits per heavy atom. The molecule has 0 saturated carbocycles. The molecule has 19 heavy (non-hydrogen) atoms. The van der Waals surface area contributed by atoms with Gasteiger partial charge in [-0.2, -0.15) is 17.0 Å². The van der Waals surface area contributed by atoms with Gasteiger partial charge in [-0.3, -0.25) is 4.79 Å². The summed E-state index contributed by atoms with van der Waals surface area (Å²) in [6.45, 7) is 3.05. The van der Waals surface area contributed by atoms with Crippen molar-refractivity contribution >= 4 is 16.2 Å². The molecule has 1 N–H and O–H groups in total. The summed E-state index contributed by atoms with van der Waals surface area (Å²) in [6.07, 6.45) is 1.79. The SMILES string of the molecule is CC1(C(=O)O)CCCCN1S(=O)(=O)N1CCOCC1. The van der Waals surface area contributed by atoms with Crippen LogP contribution in [0.5, 0.6) is 0 Å². The van der Waals surface area contributed by atoms with Crippen molar-refractivity contribution in [1.29, 1.82) is 0 Å². The number of hydrogen-bond donors (Lipinski definition) is 1. The third-order valence-electron chi connectivity index (χ3n) is 3.86. The van der Waals surface area contributed by atoms with Gasteiger partial charge in [0.15, 0.2) is 0 Å². The number of carboxylic acids is 1. The first-order valence-electron chi connectivity index (χ1n) is 6.48. The van der Waals surface area contributed by atoms with Gasteiger partial charge in [-0.15, -0.1) is 0 Å². The highest BCUT2D eigenvalue weighted by Crippen LogP contribution is 2.32. The maximum Gasteiger partial charge on any atom is 0.324 e. The van der Waals surface area contributed by atoms with Crippen LogP contribution in [0.25, 0.3) is 0 Å². The highest BCUT2D eigenvalue weighted by Gasteiger charge is 2.49. The number of aliphatic carboxylic acids is 1. The van der Waals surface area contributed by atoms with Gasteiger partial charge in [-0.25, -0.2) is 0 Å². The minimum Gasteiger partial charge on any atom is -0.480 e. The van der Waals surface area contributed by atoms with Gasteiger partial charge in [0.2, 0.25) is 0 Å². The maximum atomic E-state index is 12.6. The number of hydrogen-bond acceptors (Lipinski definition) is 4. The van der Waals surface area contributed by atoms with Crippen LogP contribution in [0.1, 0.15) is 26.2 Å². The lowest BCUT2D eigenvalue weighted by Gasteiger charge is -2.43. The van der Waals surface area contributed by atoms with Gasteiger partial charge < -0.3 is 9.84 Å². The second-order valence-electron chi connectivity index (χ2n) is 5.13. The zero-order chi connectivity index (χ0) is 14.1. The van der Waals surface area contributed by atoms with E-state index in [9.17, 15) is 18.3 Å². The van der Waals surface area contributed by atoms with E-state index in [-0.39, 0.29) is 19.6 Å². The normalized spacial score (nSPS) is 31.2. The first-order valence-corrected chi connectivity index (χ1v) is 7.88. The van der Waals surface area contributed by atoms with Crippen molar-refractivity contribution in [3.05, 3.63) is 0 Å². The summed E-state index contributed by atoms with van der Waals surface area (Å²) in [5, 5.41) is 9.38. The third kappa shape index (κ3) is 2.62. The van der Waals surface area contributed by atoms with E-state index in [0.29, 0.717) is 26.1 Å². The van der Waals surface area contributed by atoms with Crippen molar-refractivity contribution in [3.63, 3.8) is 0 Å². The molecule has 0 aliphatic carbocycles. The number of carboxylic acid groups (broad SMARTS) is 1. The predicted octanol–water partition coefficient (Wildman–Crippen LogP) is -0.107. The molecule has 2 aliphatic heterocycles. The number of ether oxygens (including phenoxy) is 1. The standard InChI is InChI=1S/C11H20N2O5S/c1-11(10(14)15)4-2-3-5-13(11)19(16,17)12-6-8-18-9-7-12/h2-9H2,1H3,(H,14,15). The van der Waals surface area contributed by atoms with Gasteiger partial charge in [-0.05, 0) is 26.2 Å². The molecule has 0 aromatic heterocycles. The van der Waals surface area contributed by atoms with Crippen molar-refractivity contribution in [2.75, 3.05) is 32.8 Å². The Balaban J connectivity index is 2.28. The predicted molar refractivity (Wildman–Crippen MR) is 67.9 cm³/mol. The van der Waals surface area contributed by atoms with E-state index in [4.69, 9.17) is 4.74 Å². The Labute approximate surface area is 113 Å². The number of carbonyl (C=O) groups is 1. The van der Waals surface area contributed by atoms with Crippen LogP contribution in [0.15, 0.2) is 0 Å². The number of piperidine rings is 1. The molecule has 0 aromatic carbocycles. The fourth-order valence-electron chi connectivity index (χ4n) is 2.60. The molecule has 2 saturated heterocycles. The fraction of sp³-hybridized carbons (Fsp3) is 0.909. The molecule has 0 spiro atoms. The quantitative estimate of drug-likeness (QED) is 0.784. The van der Waals surface area contributed by atoms with Gasteiger partial charge in [0, 0.05) is 19.6 Å². The number of morpholine rings is 1. The average Bonchev–Trinajstić information content (AvgIpc) is 2.40. The van der Waals surface area contributed by atoms with Crippen molar-refractivity contribution in [2.24, 2.45) is 0 Å². The molecule has 2 aliphatic rings. The third-order valence-corrected chi connectivity index (χ3v) is 6.02. The Bertz CT molecular complexity index is 446. The minimum absolute atomic E-state index is 0.266. The highest BCUT2D eigenvalue weighted by molar-refractivity contribution is 7.86. The first-order chi connectivity index (χ1) is 8.89. The van der Waals surface area contributed by atoms with Gasteiger partial charge >= 0.3 is 5.97 Å². The van der Waals surface area contributed by atoms with E-state index in [2.05, 4.69) is 0 Å². The smallest absolute Gasteiger partial charge is 0.324 e. The highest BCUT2D eigenvalue weighted by atomic mass is 32.2. The summed E-state index contributed by atoms with van der Waals surface area (Å²) in [5.74, 6) is -1.08. The molecule has 8 heteroatoms. The lowest BCUT2D eigenvalue weighted by molar-refractivity contribution is -0.149.